The second-order valence-electron chi connectivity index (χ2n) is 6.06. The topological polar surface area (TPSA) is 129 Å². The number of amides is 2. The maximum atomic E-state index is 12.3. The normalized spacial score (nSPS) is 13.6. The zero-order chi connectivity index (χ0) is 20.3. The third-order valence-electron chi connectivity index (χ3n) is 3.98. The van der Waals surface area contributed by atoms with Crippen LogP contribution in [0.1, 0.15) is 21.9 Å². The summed E-state index contributed by atoms with van der Waals surface area (Å²) >= 11 is 0. The zero-order valence-corrected chi connectivity index (χ0v) is 15.0. The second kappa shape index (κ2) is 7.97. The summed E-state index contributed by atoms with van der Waals surface area (Å²) in [7, 11) is 0. The standard InChI is InChI=1S/C19H18N2O7/c1-11-2-4-15(27-10-12-3-5-16(28-12)19(25)26)13(8-11)20-14-9-17(23)21(6-7-22)18(14)24/h2-5,8-9,20,22H,6-7,10H2,1H3,(H,25,26). The van der Waals surface area contributed by atoms with Crippen LogP contribution >= 0.6 is 0 Å². The lowest BCUT2D eigenvalue weighted by atomic mass is 10.2. The van der Waals surface area contributed by atoms with E-state index < -0.39 is 17.8 Å². The Bertz CT molecular complexity index is 961. The Hall–Kier alpha value is -3.59. The van der Waals surface area contributed by atoms with E-state index >= 15 is 0 Å². The average Bonchev–Trinajstić information content (AvgIpc) is 3.22. The van der Waals surface area contributed by atoms with Gasteiger partial charge in [-0.25, -0.2) is 4.79 Å². The molecule has 1 aliphatic rings. The van der Waals surface area contributed by atoms with Gasteiger partial charge in [-0.15, -0.1) is 0 Å². The summed E-state index contributed by atoms with van der Waals surface area (Å²) in [6.07, 6.45) is 1.16. The molecule has 0 fully saturated rings. The Balaban J connectivity index is 1.75. The number of furan rings is 1. The first-order valence-corrected chi connectivity index (χ1v) is 8.40. The van der Waals surface area contributed by atoms with Crippen LogP contribution in [0.15, 0.2) is 46.5 Å². The monoisotopic (exact) mass is 386 g/mol. The number of anilines is 1. The van der Waals surface area contributed by atoms with E-state index in [1.807, 2.05) is 6.92 Å². The van der Waals surface area contributed by atoms with Crippen molar-refractivity contribution in [1.29, 1.82) is 0 Å². The van der Waals surface area contributed by atoms with Gasteiger partial charge in [0, 0.05) is 6.08 Å². The fourth-order valence-electron chi connectivity index (χ4n) is 2.64. The number of hydrogen-bond acceptors (Lipinski definition) is 7. The number of ether oxygens (including phenoxy) is 1. The number of aromatic carboxylic acids is 1. The Morgan fingerprint density at radius 1 is 1.25 bits per heavy atom. The zero-order valence-electron chi connectivity index (χ0n) is 15.0. The summed E-state index contributed by atoms with van der Waals surface area (Å²) in [6, 6.07) is 8.07. The molecule has 28 heavy (non-hydrogen) atoms. The van der Waals surface area contributed by atoms with Crippen molar-refractivity contribution in [3.63, 3.8) is 0 Å². The third-order valence-corrected chi connectivity index (χ3v) is 3.98. The molecule has 0 saturated carbocycles. The van der Waals surface area contributed by atoms with E-state index in [1.165, 1.54) is 12.1 Å². The molecule has 146 valence electrons. The fourth-order valence-corrected chi connectivity index (χ4v) is 2.64. The van der Waals surface area contributed by atoms with Gasteiger partial charge in [0.2, 0.25) is 5.76 Å². The number of carboxylic acids is 1. The van der Waals surface area contributed by atoms with E-state index in [9.17, 15) is 14.4 Å². The van der Waals surface area contributed by atoms with E-state index in [0.717, 1.165) is 16.5 Å². The number of rotatable bonds is 8. The van der Waals surface area contributed by atoms with Crippen LogP contribution in [-0.2, 0) is 16.2 Å². The largest absolute Gasteiger partial charge is 0.483 e. The predicted molar refractivity (Wildman–Crippen MR) is 96.7 cm³/mol. The maximum Gasteiger partial charge on any atom is 0.371 e. The molecule has 2 heterocycles. The van der Waals surface area contributed by atoms with Crippen LogP contribution in [0.4, 0.5) is 5.69 Å². The van der Waals surface area contributed by atoms with Crippen LogP contribution in [0.25, 0.3) is 0 Å². The molecule has 9 heteroatoms. The minimum absolute atomic E-state index is 0.0203. The first-order chi connectivity index (χ1) is 13.4. The first kappa shape index (κ1) is 19.2. The maximum absolute atomic E-state index is 12.3. The number of nitrogens with zero attached hydrogens (tertiary/aromatic N) is 1. The van der Waals surface area contributed by atoms with Crippen LogP contribution in [0.2, 0.25) is 0 Å². The lowest BCUT2D eigenvalue weighted by Crippen LogP contribution is -2.34. The number of aliphatic hydroxyl groups is 1. The van der Waals surface area contributed by atoms with E-state index in [-0.39, 0.29) is 31.2 Å². The van der Waals surface area contributed by atoms with Crippen molar-refractivity contribution in [2.75, 3.05) is 18.5 Å². The second-order valence-corrected chi connectivity index (χ2v) is 6.06. The molecule has 0 radical (unpaired) electrons. The molecule has 0 bridgehead atoms. The number of aliphatic hydroxyl groups excluding tert-OH is 1. The number of β-amino-alcohol motifs (C(OH)–C–C–N with tert-alkyl or cyclic N) is 1. The number of hydrogen-bond donors (Lipinski definition) is 3. The van der Waals surface area contributed by atoms with Crippen molar-refractivity contribution in [3.05, 3.63) is 59.2 Å². The quantitative estimate of drug-likeness (QED) is 0.583. The van der Waals surface area contributed by atoms with Gasteiger partial charge in [-0.05, 0) is 36.8 Å². The number of nitrogens with one attached hydrogen (secondary N) is 1. The van der Waals surface area contributed by atoms with Gasteiger partial charge in [0.25, 0.3) is 11.8 Å². The van der Waals surface area contributed by atoms with E-state index in [2.05, 4.69) is 5.32 Å². The van der Waals surface area contributed by atoms with Crippen molar-refractivity contribution in [3.8, 4) is 5.75 Å². The van der Waals surface area contributed by atoms with Crippen LogP contribution in [0, 0.1) is 6.92 Å². The number of carboxylic acid groups (broad SMARTS) is 1. The molecular formula is C19H18N2O7. The summed E-state index contributed by atoms with van der Waals surface area (Å²) in [5.41, 5.74) is 1.42. The smallest absolute Gasteiger partial charge is 0.371 e. The van der Waals surface area contributed by atoms with Crippen LogP contribution in [0.3, 0.4) is 0 Å². The summed E-state index contributed by atoms with van der Waals surface area (Å²) in [5.74, 6) is -1.69. The molecule has 0 saturated heterocycles. The Morgan fingerprint density at radius 3 is 2.71 bits per heavy atom. The van der Waals surface area contributed by atoms with Gasteiger partial charge in [-0.1, -0.05) is 6.07 Å². The highest BCUT2D eigenvalue weighted by Gasteiger charge is 2.31. The van der Waals surface area contributed by atoms with E-state index in [0.29, 0.717) is 17.2 Å². The molecule has 0 unspecified atom stereocenters. The van der Waals surface area contributed by atoms with Crippen molar-refractivity contribution in [2.24, 2.45) is 0 Å². The van der Waals surface area contributed by atoms with E-state index in [4.69, 9.17) is 19.4 Å². The Kier molecular flexibility index (Phi) is 5.46. The minimum Gasteiger partial charge on any atom is -0.483 e. The van der Waals surface area contributed by atoms with Gasteiger partial charge in [-0.2, -0.15) is 0 Å². The van der Waals surface area contributed by atoms with Gasteiger partial charge < -0.3 is 24.7 Å². The molecule has 9 nitrogen and oxygen atoms in total. The molecule has 0 aliphatic carbocycles. The van der Waals surface area contributed by atoms with Gasteiger partial charge in [-0.3, -0.25) is 14.5 Å². The predicted octanol–water partition coefficient (Wildman–Crippen LogP) is 1.52. The molecule has 0 atom stereocenters. The highest BCUT2D eigenvalue weighted by atomic mass is 16.5. The van der Waals surface area contributed by atoms with Gasteiger partial charge in [0.15, 0.2) is 0 Å². The number of benzene rings is 1. The number of carbonyl (C=O) groups is 3. The molecule has 1 aromatic heterocycles. The molecule has 3 N–H and O–H groups in total. The minimum atomic E-state index is -1.17. The summed E-state index contributed by atoms with van der Waals surface area (Å²) < 4.78 is 10.8. The lowest BCUT2D eigenvalue weighted by molar-refractivity contribution is -0.137. The van der Waals surface area contributed by atoms with Crippen molar-refractivity contribution in [2.45, 2.75) is 13.5 Å². The molecule has 0 spiro atoms. The number of aryl methyl sites for hydroxylation is 1. The molecule has 2 aromatic rings. The van der Waals surface area contributed by atoms with Crippen molar-refractivity contribution >= 4 is 23.5 Å². The Labute approximate surface area is 159 Å². The van der Waals surface area contributed by atoms with E-state index in [1.54, 1.807) is 18.2 Å². The van der Waals surface area contributed by atoms with Gasteiger partial charge in [0.05, 0.1) is 18.8 Å². The Morgan fingerprint density at radius 2 is 2.04 bits per heavy atom. The SMILES string of the molecule is Cc1ccc(OCc2ccc(C(=O)O)o2)c(NC2=CC(=O)N(CCO)C2=O)c1. The average molecular weight is 386 g/mol. The lowest BCUT2D eigenvalue weighted by Gasteiger charge is -2.16. The molecule has 3 rings (SSSR count). The number of carbonyl (C=O) groups excluding carboxylic acids is 2. The summed E-state index contributed by atoms with van der Waals surface area (Å²) in [5, 5.41) is 20.8. The fraction of sp³-hybridized carbons (Fsp3) is 0.211. The summed E-state index contributed by atoms with van der Waals surface area (Å²) in [4.78, 5) is 36.0. The highest BCUT2D eigenvalue weighted by molar-refractivity contribution is 6.17. The highest BCUT2D eigenvalue weighted by Crippen LogP contribution is 2.29. The summed E-state index contributed by atoms with van der Waals surface area (Å²) in [6.45, 7) is 1.43. The van der Waals surface area contributed by atoms with Gasteiger partial charge >= 0.3 is 5.97 Å². The molecule has 2 amide bonds. The van der Waals surface area contributed by atoms with Crippen LogP contribution in [0.5, 0.6) is 5.75 Å². The van der Waals surface area contributed by atoms with Crippen molar-refractivity contribution < 1.29 is 33.8 Å². The first-order valence-electron chi connectivity index (χ1n) is 8.40. The van der Waals surface area contributed by atoms with Crippen LogP contribution < -0.4 is 10.1 Å². The third kappa shape index (κ3) is 4.04. The van der Waals surface area contributed by atoms with Crippen molar-refractivity contribution in [1.82, 2.24) is 4.90 Å². The molecular weight excluding hydrogens is 368 g/mol. The van der Waals surface area contributed by atoms with Gasteiger partial charge in [0.1, 0.15) is 23.8 Å². The van der Waals surface area contributed by atoms with Crippen LogP contribution in [-0.4, -0.2) is 46.0 Å². The number of imide groups is 1. The molecule has 1 aliphatic heterocycles. The molecule has 1 aromatic carbocycles.